The number of carbonyl (C=O) groups is 1. The van der Waals surface area contributed by atoms with Gasteiger partial charge in [0.15, 0.2) is 0 Å². The van der Waals surface area contributed by atoms with Crippen LogP contribution in [-0.4, -0.2) is 16.0 Å². The molecule has 0 bridgehead atoms. The van der Waals surface area contributed by atoms with Crippen molar-refractivity contribution in [2.45, 2.75) is 12.8 Å². The Hall–Kier alpha value is -2.10. The van der Waals surface area contributed by atoms with E-state index in [4.69, 9.17) is 0 Å². The molecule has 2 N–H and O–H groups in total. The largest absolute Gasteiger partial charge is 0.508 e. The molecular formula is C13H12N2O2. The van der Waals surface area contributed by atoms with Crippen molar-refractivity contribution in [3.63, 3.8) is 0 Å². The van der Waals surface area contributed by atoms with E-state index in [0.717, 1.165) is 18.2 Å². The van der Waals surface area contributed by atoms with Crippen LogP contribution in [0.4, 0.5) is 5.82 Å². The third-order valence-corrected chi connectivity index (χ3v) is 2.88. The fraction of sp³-hybridized carbons (Fsp3) is 0.231. The lowest BCUT2D eigenvalue weighted by Gasteiger charge is -2.05. The summed E-state index contributed by atoms with van der Waals surface area (Å²) in [6.07, 6.45) is 1.94. The Kier molecular flexibility index (Phi) is 2.21. The number of nitrogens with one attached hydrogen (secondary N) is 1. The van der Waals surface area contributed by atoms with Gasteiger partial charge in [-0.1, -0.05) is 0 Å². The van der Waals surface area contributed by atoms with Crippen molar-refractivity contribution in [2.75, 3.05) is 5.32 Å². The van der Waals surface area contributed by atoms with Crippen LogP contribution in [0.5, 0.6) is 5.75 Å². The molecule has 1 aromatic heterocycles. The number of benzene rings is 1. The van der Waals surface area contributed by atoms with E-state index >= 15 is 0 Å². The number of nitrogens with zero attached hydrogens (tertiary/aromatic N) is 1. The number of fused-ring (bicyclic) bond motifs is 1. The smallest absolute Gasteiger partial charge is 0.228 e. The van der Waals surface area contributed by atoms with E-state index in [1.165, 1.54) is 0 Å². The number of rotatable bonds is 2. The van der Waals surface area contributed by atoms with E-state index in [2.05, 4.69) is 10.3 Å². The fourth-order valence-corrected chi connectivity index (χ4v) is 1.75. The molecule has 1 aromatic carbocycles. The highest BCUT2D eigenvalue weighted by Crippen LogP contribution is 2.30. The molecule has 1 fully saturated rings. The Balaban J connectivity index is 1.92. The molecule has 1 saturated carbocycles. The minimum atomic E-state index is 0.0389. The summed E-state index contributed by atoms with van der Waals surface area (Å²) < 4.78 is 0. The Bertz CT molecular complexity index is 591. The van der Waals surface area contributed by atoms with E-state index in [9.17, 15) is 9.90 Å². The normalized spacial score (nSPS) is 14.8. The topological polar surface area (TPSA) is 62.2 Å². The van der Waals surface area contributed by atoms with Crippen molar-refractivity contribution >= 4 is 22.6 Å². The highest BCUT2D eigenvalue weighted by atomic mass is 16.3. The Morgan fingerprint density at radius 3 is 2.82 bits per heavy atom. The van der Waals surface area contributed by atoms with Crippen LogP contribution >= 0.6 is 0 Å². The van der Waals surface area contributed by atoms with Crippen molar-refractivity contribution in [1.82, 2.24) is 4.98 Å². The summed E-state index contributed by atoms with van der Waals surface area (Å²) in [5.41, 5.74) is 0.679. The lowest BCUT2D eigenvalue weighted by Crippen LogP contribution is -2.14. The predicted octanol–water partition coefficient (Wildman–Crippen LogP) is 2.29. The van der Waals surface area contributed by atoms with Crippen LogP contribution in [0.1, 0.15) is 12.8 Å². The second kappa shape index (κ2) is 3.73. The molecule has 0 spiro atoms. The van der Waals surface area contributed by atoms with Gasteiger partial charge >= 0.3 is 0 Å². The van der Waals surface area contributed by atoms with E-state index in [1.807, 2.05) is 6.07 Å². The van der Waals surface area contributed by atoms with Crippen molar-refractivity contribution in [3.05, 3.63) is 30.3 Å². The van der Waals surface area contributed by atoms with Gasteiger partial charge in [-0.3, -0.25) is 4.79 Å². The Morgan fingerprint density at radius 1 is 1.29 bits per heavy atom. The number of phenols is 1. The zero-order valence-electron chi connectivity index (χ0n) is 9.18. The second-order valence-electron chi connectivity index (χ2n) is 4.34. The van der Waals surface area contributed by atoms with E-state index in [-0.39, 0.29) is 17.6 Å². The molecule has 4 heteroatoms. The van der Waals surface area contributed by atoms with Crippen molar-refractivity contribution in [3.8, 4) is 5.75 Å². The quantitative estimate of drug-likeness (QED) is 0.829. The van der Waals surface area contributed by atoms with Gasteiger partial charge in [0.2, 0.25) is 5.91 Å². The average molecular weight is 228 g/mol. The minimum Gasteiger partial charge on any atom is -0.508 e. The number of hydrogen-bond donors (Lipinski definition) is 2. The highest BCUT2D eigenvalue weighted by molar-refractivity contribution is 5.94. The van der Waals surface area contributed by atoms with Crippen LogP contribution in [0.3, 0.4) is 0 Å². The first kappa shape index (κ1) is 10.1. The molecule has 3 rings (SSSR count). The van der Waals surface area contributed by atoms with Crippen LogP contribution in [0.25, 0.3) is 10.9 Å². The molecule has 1 aliphatic rings. The molecule has 0 aliphatic heterocycles. The average Bonchev–Trinajstić information content (AvgIpc) is 3.12. The summed E-state index contributed by atoms with van der Waals surface area (Å²) in [6.45, 7) is 0. The molecule has 1 aliphatic carbocycles. The fourth-order valence-electron chi connectivity index (χ4n) is 1.75. The number of phenolic OH excluding ortho intramolecular Hbond substituents is 1. The zero-order chi connectivity index (χ0) is 11.8. The number of aromatic nitrogens is 1. The Morgan fingerprint density at radius 2 is 2.06 bits per heavy atom. The van der Waals surface area contributed by atoms with Crippen LogP contribution in [0.15, 0.2) is 30.3 Å². The monoisotopic (exact) mass is 228 g/mol. The molecule has 86 valence electrons. The lowest BCUT2D eigenvalue weighted by molar-refractivity contribution is -0.117. The highest BCUT2D eigenvalue weighted by Gasteiger charge is 2.29. The summed E-state index contributed by atoms with van der Waals surface area (Å²) in [4.78, 5) is 15.9. The van der Waals surface area contributed by atoms with Gasteiger partial charge < -0.3 is 10.4 Å². The maximum absolute atomic E-state index is 11.6. The van der Waals surface area contributed by atoms with Gasteiger partial charge in [-0.2, -0.15) is 0 Å². The molecule has 2 aromatic rings. The van der Waals surface area contributed by atoms with Gasteiger partial charge in [-0.25, -0.2) is 4.98 Å². The maximum atomic E-state index is 11.6. The van der Waals surface area contributed by atoms with Crippen LogP contribution < -0.4 is 5.32 Å². The molecule has 1 amide bonds. The van der Waals surface area contributed by atoms with Gasteiger partial charge in [0.25, 0.3) is 0 Å². The van der Waals surface area contributed by atoms with E-state index in [0.29, 0.717) is 11.3 Å². The van der Waals surface area contributed by atoms with Crippen LogP contribution in [0, 0.1) is 5.92 Å². The number of carbonyl (C=O) groups excluding carboxylic acids is 1. The molecular weight excluding hydrogens is 216 g/mol. The number of pyridine rings is 1. The van der Waals surface area contributed by atoms with Crippen molar-refractivity contribution < 1.29 is 9.90 Å². The number of amides is 1. The van der Waals surface area contributed by atoms with Gasteiger partial charge in [0, 0.05) is 17.4 Å². The van der Waals surface area contributed by atoms with Gasteiger partial charge in [-0.15, -0.1) is 0 Å². The summed E-state index contributed by atoms with van der Waals surface area (Å²) in [7, 11) is 0. The molecule has 4 nitrogen and oxygen atoms in total. The molecule has 0 radical (unpaired) electrons. The van der Waals surface area contributed by atoms with Gasteiger partial charge in [0.05, 0.1) is 5.52 Å². The van der Waals surface area contributed by atoms with Crippen LogP contribution in [-0.2, 0) is 4.79 Å². The third-order valence-electron chi connectivity index (χ3n) is 2.88. The summed E-state index contributed by atoms with van der Waals surface area (Å²) in [5.74, 6) is 0.921. The van der Waals surface area contributed by atoms with Crippen molar-refractivity contribution in [2.24, 2.45) is 5.92 Å². The number of anilines is 1. The van der Waals surface area contributed by atoms with E-state index in [1.54, 1.807) is 24.3 Å². The molecule has 0 unspecified atom stereocenters. The first-order valence-corrected chi connectivity index (χ1v) is 5.63. The maximum Gasteiger partial charge on any atom is 0.228 e. The molecule has 0 saturated heterocycles. The first-order chi connectivity index (χ1) is 8.22. The standard InChI is InChI=1S/C13H12N2O2/c16-10-5-3-8-4-6-12(14-11(8)7-10)15-13(17)9-1-2-9/h3-7,9,16H,1-2H2,(H,14,15,17). The van der Waals surface area contributed by atoms with Crippen molar-refractivity contribution in [1.29, 1.82) is 0 Å². The van der Waals surface area contributed by atoms with Crippen LogP contribution in [0.2, 0.25) is 0 Å². The summed E-state index contributed by atoms with van der Waals surface area (Å²) in [5, 5.41) is 13.1. The number of hydrogen-bond acceptors (Lipinski definition) is 3. The van der Waals surface area contributed by atoms with Gasteiger partial charge in [0.1, 0.15) is 11.6 Å². The molecule has 17 heavy (non-hydrogen) atoms. The predicted molar refractivity (Wildman–Crippen MR) is 64.8 cm³/mol. The number of aromatic hydroxyl groups is 1. The zero-order valence-corrected chi connectivity index (χ0v) is 9.18. The summed E-state index contributed by atoms with van der Waals surface area (Å²) >= 11 is 0. The first-order valence-electron chi connectivity index (χ1n) is 5.63. The third kappa shape index (κ3) is 2.06. The molecule has 0 atom stereocenters. The minimum absolute atomic E-state index is 0.0389. The van der Waals surface area contributed by atoms with Gasteiger partial charge in [-0.05, 0) is 37.1 Å². The molecule has 1 heterocycles. The Labute approximate surface area is 98.3 Å². The SMILES string of the molecule is O=C(Nc1ccc2ccc(O)cc2n1)C1CC1. The lowest BCUT2D eigenvalue weighted by atomic mass is 10.2. The second-order valence-corrected chi connectivity index (χ2v) is 4.34. The van der Waals surface area contributed by atoms with E-state index < -0.39 is 0 Å². The summed E-state index contributed by atoms with van der Waals surface area (Å²) in [6, 6.07) is 8.66.